The fourth-order valence-corrected chi connectivity index (χ4v) is 2.80. The monoisotopic (exact) mass is 265 g/mol. The van der Waals surface area contributed by atoms with Gasteiger partial charge in [0.15, 0.2) is 0 Å². The number of hydrogen-bond donors (Lipinski definition) is 0. The Morgan fingerprint density at radius 2 is 1.68 bits per heavy atom. The molecule has 0 aromatic heterocycles. The van der Waals surface area contributed by atoms with Gasteiger partial charge >= 0.3 is 0 Å². The van der Waals surface area contributed by atoms with Gasteiger partial charge in [0.2, 0.25) is 5.91 Å². The lowest BCUT2D eigenvalue weighted by atomic mass is 9.80. The second-order valence-electron chi connectivity index (χ2n) is 5.99. The summed E-state index contributed by atoms with van der Waals surface area (Å²) in [6, 6.07) is 2.34. The third kappa shape index (κ3) is 4.50. The van der Waals surface area contributed by atoms with Crippen LogP contribution in [0.2, 0.25) is 0 Å². The number of nitrogens with zero attached hydrogens (tertiary/aromatic N) is 3. The zero-order valence-electron chi connectivity index (χ0n) is 12.6. The van der Waals surface area contributed by atoms with E-state index in [2.05, 4.69) is 11.0 Å². The van der Waals surface area contributed by atoms with E-state index in [0.717, 1.165) is 58.0 Å². The van der Waals surface area contributed by atoms with E-state index >= 15 is 0 Å². The molecule has 1 fully saturated rings. The molecule has 0 radical (unpaired) electrons. The Morgan fingerprint density at radius 3 is 2.16 bits per heavy atom. The predicted octanol–water partition coefficient (Wildman–Crippen LogP) is 2.26. The van der Waals surface area contributed by atoms with E-state index in [9.17, 15) is 10.1 Å². The van der Waals surface area contributed by atoms with E-state index in [1.54, 1.807) is 4.90 Å². The van der Waals surface area contributed by atoms with Crippen LogP contribution in [0, 0.1) is 16.7 Å². The first-order valence-electron chi connectivity index (χ1n) is 7.33. The SMILES string of the molecule is CN(C)CCCN(C)C(=O)C1(C#N)CCCCCC1. The molecule has 19 heavy (non-hydrogen) atoms. The Morgan fingerprint density at radius 1 is 1.11 bits per heavy atom. The van der Waals surface area contributed by atoms with Crippen molar-refractivity contribution in [1.82, 2.24) is 9.80 Å². The summed E-state index contributed by atoms with van der Waals surface area (Å²) >= 11 is 0. The first-order chi connectivity index (χ1) is 9.02. The Labute approximate surface area is 117 Å². The van der Waals surface area contributed by atoms with Crippen LogP contribution in [-0.2, 0) is 4.79 Å². The number of nitriles is 1. The van der Waals surface area contributed by atoms with Crippen molar-refractivity contribution in [2.24, 2.45) is 5.41 Å². The molecule has 0 aliphatic heterocycles. The van der Waals surface area contributed by atoms with Gasteiger partial charge in [0.05, 0.1) is 6.07 Å². The van der Waals surface area contributed by atoms with E-state index in [4.69, 9.17) is 0 Å². The molecule has 0 bridgehead atoms. The maximum Gasteiger partial charge on any atom is 0.242 e. The van der Waals surface area contributed by atoms with Crippen LogP contribution in [0.15, 0.2) is 0 Å². The van der Waals surface area contributed by atoms with Crippen LogP contribution in [0.25, 0.3) is 0 Å². The quantitative estimate of drug-likeness (QED) is 0.716. The largest absolute Gasteiger partial charge is 0.344 e. The molecule has 0 spiro atoms. The highest BCUT2D eigenvalue weighted by molar-refractivity contribution is 5.85. The van der Waals surface area contributed by atoms with Gasteiger partial charge in [-0.25, -0.2) is 0 Å². The van der Waals surface area contributed by atoms with Gasteiger partial charge in [-0.15, -0.1) is 0 Å². The highest BCUT2D eigenvalue weighted by Crippen LogP contribution is 2.36. The first kappa shape index (κ1) is 16.0. The summed E-state index contributed by atoms with van der Waals surface area (Å²) in [7, 11) is 5.90. The number of hydrogen-bond acceptors (Lipinski definition) is 3. The molecule has 0 heterocycles. The summed E-state index contributed by atoms with van der Waals surface area (Å²) in [6.07, 6.45) is 6.75. The molecule has 4 nitrogen and oxygen atoms in total. The topological polar surface area (TPSA) is 47.3 Å². The van der Waals surface area contributed by atoms with E-state index in [1.165, 1.54) is 0 Å². The molecule has 0 atom stereocenters. The summed E-state index contributed by atoms with van der Waals surface area (Å²) in [4.78, 5) is 16.4. The van der Waals surface area contributed by atoms with Crippen LogP contribution in [0.1, 0.15) is 44.9 Å². The Balaban J connectivity index is 2.59. The fourth-order valence-electron chi connectivity index (χ4n) is 2.80. The number of carbonyl (C=O) groups excluding carboxylic acids is 1. The standard InChI is InChI=1S/C15H27N3O/c1-17(2)11-8-12-18(3)14(19)15(13-16)9-6-4-5-7-10-15/h4-12H2,1-3H3. The summed E-state index contributed by atoms with van der Waals surface area (Å²) in [5.41, 5.74) is -0.747. The Hall–Kier alpha value is -1.08. The normalized spacial score (nSPS) is 18.7. The number of carbonyl (C=O) groups is 1. The number of amides is 1. The summed E-state index contributed by atoms with van der Waals surface area (Å²) in [5, 5.41) is 9.49. The lowest BCUT2D eigenvalue weighted by Crippen LogP contribution is -2.42. The van der Waals surface area contributed by atoms with Gasteiger partial charge in [-0.3, -0.25) is 4.79 Å². The van der Waals surface area contributed by atoms with Crippen molar-refractivity contribution < 1.29 is 4.79 Å². The molecule has 0 aromatic rings. The lowest BCUT2D eigenvalue weighted by molar-refractivity contribution is -0.138. The zero-order valence-corrected chi connectivity index (χ0v) is 12.6. The van der Waals surface area contributed by atoms with Gasteiger partial charge in [-0.1, -0.05) is 25.7 Å². The van der Waals surface area contributed by atoms with Crippen molar-refractivity contribution in [2.45, 2.75) is 44.9 Å². The summed E-state index contributed by atoms with van der Waals surface area (Å²) in [6.45, 7) is 1.71. The van der Waals surface area contributed by atoms with Crippen molar-refractivity contribution in [3.8, 4) is 6.07 Å². The van der Waals surface area contributed by atoms with Crippen molar-refractivity contribution in [1.29, 1.82) is 5.26 Å². The average Bonchev–Trinajstić information content (AvgIpc) is 2.63. The molecular weight excluding hydrogens is 238 g/mol. The van der Waals surface area contributed by atoms with Crippen LogP contribution < -0.4 is 0 Å². The van der Waals surface area contributed by atoms with Crippen molar-refractivity contribution in [3.05, 3.63) is 0 Å². The fraction of sp³-hybridized carbons (Fsp3) is 0.867. The maximum absolute atomic E-state index is 12.6. The van der Waals surface area contributed by atoms with E-state index in [0.29, 0.717) is 0 Å². The minimum atomic E-state index is -0.747. The predicted molar refractivity (Wildman–Crippen MR) is 76.6 cm³/mol. The lowest BCUT2D eigenvalue weighted by Gasteiger charge is -2.29. The second-order valence-corrected chi connectivity index (χ2v) is 5.99. The van der Waals surface area contributed by atoms with Crippen LogP contribution in [-0.4, -0.2) is 49.9 Å². The van der Waals surface area contributed by atoms with Crippen LogP contribution >= 0.6 is 0 Å². The van der Waals surface area contributed by atoms with Crippen LogP contribution in [0.3, 0.4) is 0 Å². The van der Waals surface area contributed by atoms with Gasteiger partial charge in [0, 0.05) is 13.6 Å². The smallest absolute Gasteiger partial charge is 0.242 e. The Kier molecular flexibility index (Phi) is 6.30. The van der Waals surface area contributed by atoms with Gasteiger partial charge in [0.1, 0.15) is 5.41 Å². The molecule has 0 N–H and O–H groups in total. The highest BCUT2D eigenvalue weighted by Gasteiger charge is 2.40. The maximum atomic E-state index is 12.6. The summed E-state index contributed by atoms with van der Waals surface area (Å²) < 4.78 is 0. The molecular formula is C15H27N3O. The van der Waals surface area contributed by atoms with Crippen LogP contribution in [0.4, 0.5) is 0 Å². The van der Waals surface area contributed by atoms with Crippen LogP contribution in [0.5, 0.6) is 0 Å². The van der Waals surface area contributed by atoms with Crippen molar-refractivity contribution >= 4 is 5.91 Å². The van der Waals surface area contributed by atoms with Gasteiger partial charge in [-0.2, -0.15) is 5.26 Å². The van der Waals surface area contributed by atoms with Gasteiger partial charge in [-0.05, 0) is 39.9 Å². The molecule has 4 heteroatoms. The molecule has 1 rings (SSSR count). The molecule has 1 saturated carbocycles. The minimum Gasteiger partial charge on any atom is -0.344 e. The second kappa shape index (κ2) is 7.49. The van der Waals surface area contributed by atoms with Gasteiger partial charge in [0.25, 0.3) is 0 Å². The minimum absolute atomic E-state index is 0.0376. The summed E-state index contributed by atoms with van der Waals surface area (Å²) in [5.74, 6) is 0.0376. The first-order valence-corrected chi connectivity index (χ1v) is 7.33. The number of rotatable bonds is 5. The average molecular weight is 265 g/mol. The van der Waals surface area contributed by atoms with E-state index < -0.39 is 5.41 Å². The van der Waals surface area contributed by atoms with Crippen molar-refractivity contribution in [3.63, 3.8) is 0 Å². The molecule has 108 valence electrons. The highest BCUT2D eigenvalue weighted by atomic mass is 16.2. The van der Waals surface area contributed by atoms with Crippen molar-refractivity contribution in [2.75, 3.05) is 34.2 Å². The molecule has 1 aliphatic carbocycles. The third-order valence-electron chi connectivity index (χ3n) is 4.03. The van der Waals surface area contributed by atoms with E-state index in [-0.39, 0.29) is 5.91 Å². The zero-order chi connectivity index (χ0) is 14.3. The van der Waals surface area contributed by atoms with Gasteiger partial charge < -0.3 is 9.80 Å². The Bertz CT molecular complexity index is 325. The molecule has 0 saturated heterocycles. The third-order valence-corrected chi connectivity index (χ3v) is 4.03. The molecule has 0 unspecified atom stereocenters. The molecule has 1 aliphatic rings. The molecule has 1 amide bonds. The molecule has 0 aromatic carbocycles. The van der Waals surface area contributed by atoms with E-state index in [1.807, 2.05) is 21.1 Å².